The number of nitrogens with one attached hydrogen (secondary N) is 1. The van der Waals surface area contributed by atoms with Crippen molar-refractivity contribution in [2.75, 3.05) is 6.54 Å². The van der Waals surface area contributed by atoms with Gasteiger partial charge in [-0.1, -0.05) is 18.9 Å². The highest BCUT2D eigenvalue weighted by Crippen LogP contribution is 2.31. The molecule has 16 heavy (non-hydrogen) atoms. The Morgan fingerprint density at radius 2 is 2.25 bits per heavy atom. The lowest BCUT2D eigenvalue weighted by Gasteiger charge is -2.06. The van der Waals surface area contributed by atoms with E-state index in [2.05, 4.69) is 5.32 Å². The summed E-state index contributed by atoms with van der Waals surface area (Å²) in [5.41, 5.74) is 1.31. The van der Waals surface area contributed by atoms with Crippen molar-refractivity contribution in [3.8, 4) is 5.75 Å². The zero-order valence-corrected chi connectivity index (χ0v) is 9.49. The van der Waals surface area contributed by atoms with E-state index in [1.807, 2.05) is 13.0 Å². The first kappa shape index (κ1) is 11.0. The summed E-state index contributed by atoms with van der Waals surface area (Å²) in [6.45, 7) is 2.59. The number of phenols is 1. The molecule has 3 nitrogen and oxygen atoms in total. The summed E-state index contributed by atoms with van der Waals surface area (Å²) in [4.78, 5) is 11.7. The van der Waals surface area contributed by atoms with Crippen LogP contribution in [0, 0.1) is 12.8 Å². The third-order valence-corrected chi connectivity index (χ3v) is 2.93. The van der Waals surface area contributed by atoms with Crippen LogP contribution >= 0.6 is 0 Å². The Kier molecular flexibility index (Phi) is 3.13. The van der Waals surface area contributed by atoms with Gasteiger partial charge in [0.1, 0.15) is 5.75 Å². The van der Waals surface area contributed by atoms with Crippen LogP contribution in [0.1, 0.15) is 35.2 Å². The van der Waals surface area contributed by atoms with Gasteiger partial charge in [-0.2, -0.15) is 0 Å². The van der Waals surface area contributed by atoms with Gasteiger partial charge in [0.05, 0.1) is 5.56 Å². The molecule has 1 saturated carbocycles. The third kappa shape index (κ3) is 2.75. The van der Waals surface area contributed by atoms with Crippen molar-refractivity contribution in [1.82, 2.24) is 5.32 Å². The number of phenolic OH excluding ortho intramolecular Hbond substituents is 1. The lowest BCUT2D eigenvalue weighted by molar-refractivity contribution is 0.0950. The fourth-order valence-electron chi connectivity index (χ4n) is 1.73. The van der Waals surface area contributed by atoms with Gasteiger partial charge in [-0.3, -0.25) is 4.79 Å². The van der Waals surface area contributed by atoms with Gasteiger partial charge in [-0.15, -0.1) is 0 Å². The lowest BCUT2D eigenvalue weighted by Crippen LogP contribution is -2.24. The summed E-state index contributed by atoms with van der Waals surface area (Å²) >= 11 is 0. The highest BCUT2D eigenvalue weighted by atomic mass is 16.3. The second kappa shape index (κ2) is 4.56. The number of carbonyl (C=O) groups excluding carboxylic acids is 1. The smallest absolute Gasteiger partial charge is 0.255 e. The van der Waals surface area contributed by atoms with E-state index in [-0.39, 0.29) is 11.7 Å². The second-order valence-corrected chi connectivity index (χ2v) is 4.51. The number of hydrogen-bond acceptors (Lipinski definition) is 2. The molecule has 0 atom stereocenters. The Morgan fingerprint density at radius 1 is 1.50 bits per heavy atom. The molecule has 1 amide bonds. The van der Waals surface area contributed by atoms with Gasteiger partial charge in [0, 0.05) is 6.54 Å². The van der Waals surface area contributed by atoms with E-state index in [1.165, 1.54) is 12.8 Å². The predicted molar refractivity (Wildman–Crippen MR) is 62.5 cm³/mol. The average molecular weight is 219 g/mol. The molecular formula is C13H17NO2. The van der Waals surface area contributed by atoms with Crippen LogP contribution in [-0.4, -0.2) is 17.6 Å². The van der Waals surface area contributed by atoms with E-state index in [4.69, 9.17) is 0 Å². The Morgan fingerprint density at radius 3 is 2.88 bits per heavy atom. The molecule has 86 valence electrons. The molecule has 0 aliphatic heterocycles. The van der Waals surface area contributed by atoms with Crippen LogP contribution in [0.5, 0.6) is 5.75 Å². The van der Waals surface area contributed by atoms with Crippen LogP contribution in [0.15, 0.2) is 18.2 Å². The predicted octanol–water partition coefficient (Wildman–Crippen LogP) is 2.23. The standard InChI is InChI=1S/C13H17NO2/c1-9-2-5-11(12(15)8-9)13(16)14-7-6-10-3-4-10/h2,5,8,10,15H,3-4,6-7H2,1H3,(H,14,16). The molecule has 1 aromatic carbocycles. The van der Waals surface area contributed by atoms with E-state index >= 15 is 0 Å². The minimum Gasteiger partial charge on any atom is -0.507 e. The van der Waals surface area contributed by atoms with Gasteiger partial charge >= 0.3 is 0 Å². The maximum atomic E-state index is 11.7. The Hall–Kier alpha value is -1.51. The molecule has 0 bridgehead atoms. The first-order chi connectivity index (χ1) is 7.66. The summed E-state index contributed by atoms with van der Waals surface area (Å²) in [5.74, 6) is 0.689. The Balaban J connectivity index is 1.91. The second-order valence-electron chi connectivity index (χ2n) is 4.51. The summed E-state index contributed by atoms with van der Waals surface area (Å²) in [6, 6.07) is 5.10. The third-order valence-electron chi connectivity index (χ3n) is 2.93. The monoisotopic (exact) mass is 219 g/mol. The SMILES string of the molecule is Cc1ccc(C(=O)NCCC2CC2)c(O)c1. The van der Waals surface area contributed by atoms with Crippen molar-refractivity contribution in [3.05, 3.63) is 29.3 Å². The topological polar surface area (TPSA) is 49.3 Å². The molecule has 0 unspecified atom stereocenters. The van der Waals surface area contributed by atoms with Gasteiger partial charge in [-0.25, -0.2) is 0 Å². The fraction of sp³-hybridized carbons (Fsp3) is 0.462. The molecule has 3 heteroatoms. The largest absolute Gasteiger partial charge is 0.507 e. The van der Waals surface area contributed by atoms with Crippen molar-refractivity contribution >= 4 is 5.91 Å². The highest BCUT2D eigenvalue weighted by molar-refractivity contribution is 5.96. The summed E-state index contributed by atoms with van der Waals surface area (Å²) in [7, 11) is 0. The van der Waals surface area contributed by atoms with E-state index in [9.17, 15) is 9.90 Å². The quantitative estimate of drug-likeness (QED) is 0.815. The Labute approximate surface area is 95.5 Å². The van der Waals surface area contributed by atoms with Gasteiger partial charge in [0.15, 0.2) is 0 Å². The van der Waals surface area contributed by atoms with Crippen LogP contribution in [0.25, 0.3) is 0 Å². The average Bonchev–Trinajstić information content (AvgIpc) is 3.01. The molecule has 1 aliphatic rings. The lowest BCUT2D eigenvalue weighted by atomic mass is 10.1. The van der Waals surface area contributed by atoms with Crippen LogP contribution in [0.2, 0.25) is 0 Å². The summed E-state index contributed by atoms with van der Waals surface area (Å²) in [5, 5.41) is 12.5. The van der Waals surface area contributed by atoms with Gasteiger partial charge in [0.25, 0.3) is 5.91 Å². The maximum Gasteiger partial charge on any atom is 0.255 e. The molecule has 0 saturated heterocycles. The first-order valence-corrected chi connectivity index (χ1v) is 5.74. The first-order valence-electron chi connectivity index (χ1n) is 5.74. The van der Waals surface area contributed by atoms with Crippen molar-refractivity contribution < 1.29 is 9.90 Å². The molecular weight excluding hydrogens is 202 g/mol. The number of carbonyl (C=O) groups is 1. The van der Waals surface area contributed by atoms with Crippen LogP contribution in [0.3, 0.4) is 0 Å². The summed E-state index contributed by atoms with van der Waals surface area (Å²) in [6.07, 6.45) is 3.65. The van der Waals surface area contributed by atoms with E-state index in [0.29, 0.717) is 12.1 Å². The zero-order valence-electron chi connectivity index (χ0n) is 9.49. The summed E-state index contributed by atoms with van der Waals surface area (Å²) < 4.78 is 0. The van der Waals surface area contributed by atoms with Crippen molar-refractivity contribution in [2.24, 2.45) is 5.92 Å². The van der Waals surface area contributed by atoms with Crippen molar-refractivity contribution in [2.45, 2.75) is 26.2 Å². The molecule has 0 heterocycles. The molecule has 1 aliphatic carbocycles. The van der Waals surface area contributed by atoms with Crippen LogP contribution in [0.4, 0.5) is 0 Å². The number of aromatic hydroxyl groups is 1. The van der Waals surface area contributed by atoms with Gasteiger partial charge < -0.3 is 10.4 Å². The minimum absolute atomic E-state index is 0.0592. The minimum atomic E-state index is -0.182. The number of rotatable bonds is 4. The van der Waals surface area contributed by atoms with Crippen molar-refractivity contribution in [1.29, 1.82) is 0 Å². The number of amides is 1. The van der Waals surface area contributed by atoms with Crippen LogP contribution < -0.4 is 5.32 Å². The number of hydrogen-bond donors (Lipinski definition) is 2. The molecule has 0 radical (unpaired) electrons. The highest BCUT2D eigenvalue weighted by Gasteiger charge is 2.21. The molecule has 0 aromatic heterocycles. The zero-order chi connectivity index (χ0) is 11.5. The van der Waals surface area contributed by atoms with E-state index < -0.39 is 0 Å². The fourth-order valence-corrected chi connectivity index (χ4v) is 1.73. The van der Waals surface area contributed by atoms with Gasteiger partial charge in [-0.05, 0) is 37.0 Å². The molecule has 1 aromatic rings. The van der Waals surface area contributed by atoms with Gasteiger partial charge in [0.2, 0.25) is 0 Å². The van der Waals surface area contributed by atoms with E-state index in [0.717, 1.165) is 17.9 Å². The molecule has 2 N–H and O–H groups in total. The number of benzene rings is 1. The normalized spacial score (nSPS) is 14.8. The molecule has 0 spiro atoms. The maximum absolute atomic E-state index is 11.7. The molecule has 2 rings (SSSR count). The number of aryl methyl sites for hydroxylation is 1. The van der Waals surface area contributed by atoms with E-state index in [1.54, 1.807) is 12.1 Å². The van der Waals surface area contributed by atoms with Crippen LogP contribution in [-0.2, 0) is 0 Å². The Bertz CT molecular complexity index is 397. The molecule has 1 fully saturated rings. The van der Waals surface area contributed by atoms with Crippen molar-refractivity contribution in [3.63, 3.8) is 0 Å².